The third-order valence-electron chi connectivity index (χ3n) is 3.50. The van der Waals surface area contributed by atoms with Gasteiger partial charge in [-0.1, -0.05) is 18.2 Å². The first-order chi connectivity index (χ1) is 12.7. The zero-order chi connectivity index (χ0) is 20.0. The van der Waals surface area contributed by atoms with E-state index < -0.39 is 33.3 Å². The third kappa shape index (κ3) is 6.38. The van der Waals surface area contributed by atoms with Gasteiger partial charge in [0.05, 0.1) is 4.90 Å². The molecule has 9 heteroatoms. The number of rotatable bonds is 7. The lowest BCUT2D eigenvalue weighted by molar-refractivity contribution is -0.152. The molecule has 0 spiro atoms. The fraction of sp³-hybridized carbons (Fsp3) is 0.222. The van der Waals surface area contributed by atoms with Gasteiger partial charge < -0.3 is 10.1 Å². The molecule has 0 heterocycles. The number of carbonyl (C=O) groups is 2. The number of thioether (sulfide) groups is 1. The van der Waals surface area contributed by atoms with E-state index in [0.717, 1.165) is 4.90 Å². The molecule has 144 valence electrons. The Morgan fingerprint density at radius 2 is 1.63 bits per heavy atom. The highest BCUT2D eigenvalue weighted by atomic mass is 32.2. The third-order valence-corrected chi connectivity index (χ3v) is 5.52. The summed E-state index contributed by atoms with van der Waals surface area (Å²) in [6.45, 7) is 3.17. The van der Waals surface area contributed by atoms with Crippen LogP contribution in [0.2, 0.25) is 0 Å². The number of primary sulfonamides is 1. The van der Waals surface area contributed by atoms with E-state index in [9.17, 15) is 18.0 Å². The zero-order valence-corrected chi connectivity index (χ0v) is 16.4. The number of benzene rings is 2. The van der Waals surface area contributed by atoms with Gasteiger partial charge in [-0.2, -0.15) is 0 Å². The predicted octanol–water partition coefficient (Wildman–Crippen LogP) is 2.38. The zero-order valence-electron chi connectivity index (χ0n) is 14.8. The molecule has 0 aliphatic rings. The van der Waals surface area contributed by atoms with Crippen LogP contribution in [0, 0.1) is 0 Å². The van der Waals surface area contributed by atoms with E-state index in [1.54, 1.807) is 6.92 Å². The van der Waals surface area contributed by atoms with Crippen LogP contribution in [0.25, 0.3) is 0 Å². The summed E-state index contributed by atoms with van der Waals surface area (Å²) in [6.07, 6.45) is -1.01. The van der Waals surface area contributed by atoms with Crippen LogP contribution in [0.4, 0.5) is 5.69 Å². The van der Waals surface area contributed by atoms with Gasteiger partial charge in [0.25, 0.3) is 5.91 Å². The average molecular weight is 409 g/mol. The van der Waals surface area contributed by atoms with Crippen molar-refractivity contribution >= 4 is 39.3 Å². The number of anilines is 1. The molecule has 0 aromatic heterocycles. The van der Waals surface area contributed by atoms with Crippen molar-refractivity contribution < 1.29 is 22.7 Å². The van der Waals surface area contributed by atoms with Crippen LogP contribution in [-0.4, -0.2) is 31.6 Å². The molecular formula is C18H20N2O5S2. The van der Waals surface area contributed by atoms with Crippen molar-refractivity contribution in [1.29, 1.82) is 0 Å². The lowest BCUT2D eigenvalue weighted by atomic mass is 10.3. The van der Waals surface area contributed by atoms with E-state index in [1.807, 2.05) is 30.3 Å². The SMILES string of the molecule is C[C@H](OC(=O)[C@@H](C)Sc1ccccc1)C(=O)Nc1ccc(S(N)(=O)=O)cc1. The van der Waals surface area contributed by atoms with E-state index in [0.29, 0.717) is 5.69 Å². The maximum Gasteiger partial charge on any atom is 0.319 e. The highest BCUT2D eigenvalue weighted by molar-refractivity contribution is 8.00. The second-order valence-electron chi connectivity index (χ2n) is 5.71. The first-order valence-corrected chi connectivity index (χ1v) is 10.5. The van der Waals surface area contributed by atoms with Crippen molar-refractivity contribution in [2.24, 2.45) is 5.14 Å². The Kier molecular flexibility index (Phi) is 7.00. The van der Waals surface area contributed by atoms with Gasteiger partial charge in [-0.25, -0.2) is 13.6 Å². The van der Waals surface area contributed by atoms with E-state index in [4.69, 9.17) is 9.88 Å². The lowest BCUT2D eigenvalue weighted by Crippen LogP contribution is -2.32. The monoisotopic (exact) mass is 408 g/mol. The van der Waals surface area contributed by atoms with Crippen molar-refractivity contribution in [1.82, 2.24) is 0 Å². The van der Waals surface area contributed by atoms with Crippen molar-refractivity contribution in [3.8, 4) is 0 Å². The second-order valence-corrected chi connectivity index (χ2v) is 8.69. The molecule has 2 rings (SSSR count). The van der Waals surface area contributed by atoms with Gasteiger partial charge in [-0.15, -0.1) is 11.8 Å². The second kappa shape index (κ2) is 9.03. The topological polar surface area (TPSA) is 116 Å². The Bertz CT molecular complexity index is 899. The van der Waals surface area contributed by atoms with Crippen LogP contribution in [-0.2, 0) is 24.3 Å². The Morgan fingerprint density at radius 3 is 2.19 bits per heavy atom. The van der Waals surface area contributed by atoms with E-state index in [1.165, 1.54) is 43.0 Å². The fourth-order valence-corrected chi connectivity index (χ4v) is 3.44. The largest absolute Gasteiger partial charge is 0.452 e. The summed E-state index contributed by atoms with van der Waals surface area (Å²) in [5, 5.41) is 7.10. The molecule has 0 bridgehead atoms. The summed E-state index contributed by atoms with van der Waals surface area (Å²) in [5.41, 5.74) is 0.363. The molecule has 0 radical (unpaired) electrons. The molecule has 0 saturated heterocycles. The van der Waals surface area contributed by atoms with Crippen LogP contribution in [0.3, 0.4) is 0 Å². The van der Waals surface area contributed by atoms with Gasteiger partial charge in [-0.3, -0.25) is 9.59 Å². The molecule has 1 amide bonds. The van der Waals surface area contributed by atoms with Gasteiger partial charge in [0.15, 0.2) is 6.10 Å². The number of carbonyl (C=O) groups excluding carboxylic acids is 2. The summed E-state index contributed by atoms with van der Waals surface area (Å²) >= 11 is 1.34. The minimum atomic E-state index is -3.80. The molecule has 0 saturated carbocycles. The maximum absolute atomic E-state index is 12.2. The summed E-state index contributed by atoms with van der Waals surface area (Å²) in [6, 6.07) is 14.8. The number of hydrogen-bond acceptors (Lipinski definition) is 6. The molecule has 0 aliphatic heterocycles. The molecule has 0 fully saturated rings. The number of hydrogen-bond donors (Lipinski definition) is 2. The lowest BCUT2D eigenvalue weighted by Gasteiger charge is -2.16. The molecule has 0 aliphatic carbocycles. The van der Waals surface area contributed by atoms with Gasteiger partial charge in [-0.05, 0) is 50.2 Å². The molecule has 27 heavy (non-hydrogen) atoms. The Hall–Kier alpha value is -2.36. The average Bonchev–Trinajstić information content (AvgIpc) is 2.62. The number of ether oxygens (including phenoxy) is 1. The number of amides is 1. The summed E-state index contributed by atoms with van der Waals surface area (Å²) in [7, 11) is -3.80. The van der Waals surface area contributed by atoms with E-state index >= 15 is 0 Å². The van der Waals surface area contributed by atoms with Crippen LogP contribution in [0.1, 0.15) is 13.8 Å². The molecule has 7 nitrogen and oxygen atoms in total. The van der Waals surface area contributed by atoms with Crippen molar-refractivity contribution in [3.63, 3.8) is 0 Å². The van der Waals surface area contributed by atoms with Crippen LogP contribution < -0.4 is 10.5 Å². The first kappa shape index (κ1) is 20.9. The quantitative estimate of drug-likeness (QED) is 0.537. The van der Waals surface area contributed by atoms with Crippen molar-refractivity contribution in [2.75, 3.05) is 5.32 Å². The summed E-state index contributed by atoms with van der Waals surface area (Å²) in [4.78, 5) is 25.2. The van der Waals surface area contributed by atoms with Gasteiger partial charge in [0.1, 0.15) is 5.25 Å². The standard InChI is InChI=1S/C18H20N2O5S2/c1-12(25-18(22)13(2)26-15-6-4-3-5-7-15)17(21)20-14-8-10-16(11-9-14)27(19,23)24/h3-13H,1-2H3,(H,20,21)(H2,19,23,24)/t12-,13+/m0/s1. The Morgan fingerprint density at radius 1 is 1.04 bits per heavy atom. The number of nitrogens with two attached hydrogens (primary N) is 1. The summed E-state index contributed by atoms with van der Waals surface area (Å²) in [5.74, 6) is -1.03. The maximum atomic E-state index is 12.2. The van der Waals surface area contributed by atoms with Crippen LogP contribution in [0.15, 0.2) is 64.4 Å². The highest BCUT2D eigenvalue weighted by Gasteiger charge is 2.23. The number of nitrogens with one attached hydrogen (secondary N) is 1. The molecule has 3 N–H and O–H groups in total. The Labute approximate surface area is 162 Å². The van der Waals surface area contributed by atoms with Crippen molar-refractivity contribution in [2.45, 2.75) is 35.0 Å². The normalized spacial score (nSPS) is 13.4. The molecule has 2 aromatic carbocycles. The summed E-state index contributed by atoms with van der Waals surface area (Å²) < 4.78 is 27.7. The number of esters is 1. The molecular weight excluding hydrogens is 388 g/mol. The van der Waals surface area contributed by atoms with Crippen molar-refractivity contribution in [3.05, 3.63) is 54.6 Å². The van der Waals surface area contributed by atoms with E-state index in [-0.39, 0.29) is 4.90 Å². The molecule has 2 atom stereocenters. The minimum absolute atomic E-state index is 0.0632. The van der Waals surface area contributed by atoms with Gasteiger partial charge in [0.2, 0.25) is 10.0 Å². The predicted molar refractivity (Wildman–Crippen MR) is 104 cm³/mol. The van der Waals surface area contributed by atoms with E-state index in [2.05, 4.69) is 5.32 Å². The first-order valence-electron chi connectivity index (χ1n) is 8.03. The van der Waals surface area contributed by atoms with Gasteiger partial charge >= 0.3 is 5.97 Å². The minimum Gasteiger partial charge on any atom is -0.452 e. The Balaban J connectivity index is 1.90. The molecule has 0 unspecified atom stereocenters. The van der Waals surface area contributed by atoms with Crippen LogP contribution in [0.5, 0.6) is 0 Å². The fourth-order valence-electron chi connectivity index (χ4n) is 2.05. The molecule has 2 aromatic rings. The smallest absolute Gasteiger partial charge is 0.319 e. The van der Waals surface area contributed by atoms with Gasteiger partial charge in [0, 0.05) is 10.6 Å². The number of sulfonamides is 1. The van der Waals surface area contributed by atoms with Crippen LogP contribution >= 0.6 is 11.8 Å². The highest BCUT2D eigenvalue weighted by Crippen LogP contribution is 2.24.